The number of hydrogen-bond donors (Lipinski definition) is 1. The van der Waals surface area contributed by atoms with E-state index >= 15 is 0 Å². The molecule has 0 saturated carbocycles. The van der Waals surface area contributed by atoms with Crippen molar-refractivity contribution in [1.29, 1.82) is 0 Å². The molecule has 1 aliphatic rings. The fourth-order valence-electron chi connectivity index (χ4n) is 2.94. The van der Waals surface area contributed by atoms with E-state index in [4.69, 9.17) is 14.5 Å². The quantitative estimate of drug-likeness (QED) is 0.877. The Morgan fingerprint density at radius 3 is 2.78 bits per heavy atom. The summed E-state index contributed by atoms with van der Waals surface area (Å²) in [7, 11) is 1.64. The standard InChI is InChI=1S/C17H23N3O2S/c1-3-22-17-15(21-2)4-5-16(19-17)20(14-8-11-23-12-14)13-6-9-18-10-7-13/h4-5,8,11-13,18H,3,6-7,9-10H2,1-2H3. The van der Waals surface area contributed by atoms with E-state index < -0.39 is 0 Å². The Morgan fingerprint density at radius 2 is 2.13 bits per heavy atom. The largest absolute Gasteiger partial charge is 0.491 e. The van der Waals surface area contributed by atoms with Crippen molar-refractivity contribution in [1.82, 2.24) is 10.3 Å². The molecule has 1 N–H and O–H groups in total. The topological polar surface area (TPSA) is 46.6 Å². The molecule has 124 valence electrons. The Hall–Kier alpha value is -1.79. The van der Waals surface area contributed by atoms with Crippen LogP contribution < -0.4 is 19.7 Å². The number of hydrogen-bond acceptors (Lipinski definition) is 6. The van der Waals surface area contributed by atoms with Gasteiger partial charge in [-0.3, -0.25) is 0 Å². The van der Waals surface area contributed by atoms with Gasteiger partial charge >= 0.3 is 0 Å². The zero-order valence-corrected chi connectivity index (χ0v) is 14.4. The average Bonchev–Trinajstić information content (AvgIpc) is 3.11. The molecule has 0 atom stereocenters. The molecule has 0 aromatic carbocycles. The first kappa shape index (κ1) is 16.1. The molecule has 3 heterocycles. The van der Waals surface area contributed by atoms with Crippen molar-refractivity contribution in [2.45, 2.75) is 25.8 Å². The lowest BCUT2D eigenvalue weighted by atomic mass is 10.0. The highest BCUT2D eigenvalue weighted by Crippen LogP contribution is 2.35. The van der Waals surface area contributed by atoms with E-state index in [1.165, 1.54) is 5.69 Å². The molecule has 5 nitrogen and oxygen atoms in total. The van der Waals surface area contributed by atoms with E-state index in [-0.39, 0.29) is 0 Å². The SMILES string of the molecule is CCOc1nc(N(c2ccsc2)C2CCNCC2)ccc1OC. The first-order valence-electron chi connectivity index (χ1n) is 8.03. The van der Waals surface area contributed by atoms with Gasteiger partial charge in [0.05, 0.1) is 19.4 Å². The third-order valence-electron chi connectivity index (χ3n) is 4.02. The fourth-order valence-corrected chi connectivity index (χ4v) is 3.57. The Labute approximate surface area is 141 Å². The molecule has 2 aromatic rings. The van der Waals surface area contributed by atoms with E-state index in [1.807, 2.05) is 19.1 Å². The summed E-state index contributed by atoms with van der Waals surface area (Å²) in [4.78, 5) is 7.06. The van der Waals surface area contributed by atoms with Crippen LogP contribution in [0.2, 0.25) is 0 Å². The van der Waals surface area contributed by atoms with Crippen LogP contribution in [-0.4, -0.2) is 37.8 Å². The lowest BCUT2D eigenvalue weighted by Gasteiger charge is -2.35. The molecule has 1 saturated heterocycles. The van der Waals surface area contributed by atoms with Gasteiger partial charge in [0, 0.05) is 11.4 Å². The molecule has 0 unspecified atom stereocenters. The molecule has 0 amide bonds. The van der Waals surface area contributed by atoms with E-state index in [2.05, 4.69) is 27.0 Å². The smallest absolute Gasteiger partial charge is 0.258 e. The monoisotopic (exact) mass is 333 g/mol. The van der Waals surface area contributed by atoms with Crippen molar-refractivity contribution in [2.75, 3.05) is 31.7 Å². The number of ether oxygens (including phenoxy) is 2. The van der Waals surface area contributed by atoms with Gasteiger partial charge in [0.15, 0.2) is 5.75 Å². The average molecular weight is 333 g/mol. The van der Waals surface area contributed by atoms with E-state index in [0.29, 0.717) is 24.3 Å². The number of nitrogens with one attached hydrogen (secondary N) is 1. The minimum Gasteiger partial charge on any atom is -0.491 e. The second-order valence-corrected chi connectivity index (χ2v) is 6.22. The maximum absolute atomic E-state index is 5.65. The minimum atomic E-state index is 0.446. The molecule has 1 fully saturated rings. The van der Waals surface area contributed by atoms with Crippen molar-refractivity contribution in [2.24, 2.45) is 0 Å². The van der Waals surface area contributed by atoms with Crippen molar-refractivity contribution >= 4 is 22.8 Å². The van der Waals surface area contributed by atoms with Gasteiger partial charge in [0.1, 0.15) is 5.82 Å². The van der Waals surface area contributed by atoms with Crippen LogP contribution in [-0.2, 0) is 0 Å². The molecule has 6 heteroatoms. The molecule has 0 radical (unpaired) electrons. The molecule has 0 bridgehead atoms. The first-order chi connectivity index (χ1) is 11.3. The number of thiophene rings is 1. The molecule has 0 aliphatic carbocycles. The van der Waals surface area contributed by atoms with Crippen molar-refractivity contribution in [3.63, 3.8) is 0 Å². The van der Waals surface area contributed by atoms with Gasteiger partial charge in [-0.2, -0.15) is 16.3 Å². The van der Waals surface area contributed by atoms with Crippen LogP contribution in [0.15, 0.2) is 29.0 Å². The number of pyridine rings is 1. The number of aromatic nitrogens is 1. The van der Waals surface area contributed by atoms with Gasteiger partial charge in [0.25, 0.3) is 5.88 Å². The van der Waals surface area contributed by atoms with Gasteiger partial charge in [-0.1, -0.05) is 0 Å². The third-order valence-corrected chi connectivity index (χ3v) is 4.69. The van der Waals surface area contributed by atoms with Gasteiger partial charge < -0.3 is 19.7 Å². The third kappa shape index (κ3) is 3.59. The number of rotatable bonds is 6. The summed E-state index contributed by atoms with van der Waals surface area (Å²) in [5, 5.41) is 7.71. The zero-order valence-electron chi connectivity index (χ0n) is 13.6. The normalized spacial score (nSPS) is 15.4. The fraction of sp³-hybridized carbons (Fsp3) is 0.471. The zero-order chi connectivity index (χ0) is 16.1. The molecule has 3 rings (SSSR count). The van der Waals surface area contributed by atoms with Gasteiger partial charge in [-0.25, -0.2) is 0 Å². The maximum Gasteiger partial charge on any atom is 0.258 e. The van der Waals surface area contributed by atoms with Crippen LogP contribution in [0, 0.1) is 0 Å². The summed E-state index contributed by atoms with van der Waals surface area (Å²) in [6.07, 6.45) is 2.21. The highest BCUT2D eigenvalue weighted by Gasteiger charge is 2.25. The Bertz CT molecular complexity index is 612. The minimum absolute atomic E-state index is 0.446. The number of anilines is 2. The maximum atomic E-state index is 5.65. The van der Waals surface area contributed by atoms with Gasteiger partial charge in [0.2, 0.25) is 0 Å². The lowest BCUT2D eigenvalue weighted by molar-refractivity contribution is 0.298. The Balaban J connectivity index is 1.97. The highest BCUT2D eigenvalue weighted by molar-refractivity contribution is 7.08. The number of nitrogens with zero attached hydrogens (tertiary/aromatic N) is 2. The van der Waals surface area contributed by atoms with Crippen molar-refractivity contribution < 1.29 is 9.47 Å². The van der Waals surface area contributed by atoms with Crippen LogP contribution in [0.5, 0.6) is 11.6 Å². The van der Waals surface area contributed by atoms with Crippen LogP contribution in [0.25, 0.3) is 0 Å². The summed E-state index contributed by atoms with van der Waals surface area (Å²) in [6.45, 7) is 4.61. The van der Waals surface area contributed by atoms with E-state index in [1.54, 1.807) is 18.4 Å². The second-order valence-electron chi connectivity index (χ2n) is 5.44. The Kier molecular flexibility index (Phi) is 5.35. The van der Waals surface area contributed by atoms with Crippen LogP contribution in [0.3, 0.4) is 0 Å². The number of methoxy groups -OCH3 is 1. The second kappa shape index (κ2) is 7.66. The van der Waals surface area contributed by atoms with E-state index in [0.717, 1.165) is 31.7 Å². The van der Waals surface area contributed by atoms with Crippen molar-refractivity contribution in [3.05, 3.63) is 29.0 Å². The predicted molar refractivity (Wildman–Crippen MR) is 94.3 cm³/mol. The molecular weight excluding hydrogens is 310 g/mol. The Morgan fingerprint density at radius 1 is 1.30 bits per heavy atom. The van der Waals surface area contributed by atoms with Crippen molar-refractivity contribution in [3.8, 4) is 11.6 Å². The van der Waals surface area contributed by atoms with E-state index in [9.17, 15) is 0 Å². The summed E-state index contributed by atoms with van der Waals surface area (Å²) in [5.41, 5.74) is 1.20. The van der Waals surface area contributed by atoms with Gasteiger partial charge in [-0.05, 0) is 56.4 Å². The summed E-state index contributed by atoms with van der Waals surface area (Å²) in [6, 6.07) is 6.55. The van der Waals surface area contributed by atoms with Gasteiger partial charge in [-0.15, -0.1) is 0 Å². The summed E-state index contributed by atoms with van der Waals surface area (Å²) >= 11 is 1.71. The van der Waals surface area contributed by atoms with Crippen LogP contribution >= 0.6 is 11.3 Å². The number of piperidine rings is 1. The lowest BCUT2D eigenvalue weighted by Crippen LogP contribution is -2.41. The first-order valence-corrected chi connectivity index (χ1v) is 8.97. The van der Waals surface area contributed by atoms with Crippen LogP contribution in [0.4, 0.5) is 11.5 Å². The molecule has 0 spiro atoms. The molecule has 2 aromatic heterocycles. The molecule has 1 aliphatic heterocycles. The molecule has 23 heavy (non-hydrogen) atoms. The summed E-state index contributed by atoms with van der Waals surface area (Å²) < 4.78 is 11.0. The highest BCUT2D eigenvalue weighted by atomic mass is 32.1. The van der Waals surface area contributed by atoms with Crippen LogP contribution in [0.1, 0.15) is 19.8 Å². The molecular formula is C17H23N3O2S. The predicted octanol–water partition coefficient (Wildman–Crippen LogP) is 3.44. The summed E-state index contributed by atoms with van der Waals surface area (Å²) in [5.74, 6) is 2.15.